The monoisotopic (exact) mass is 388 g/mol. The van der Waals surface area contributed by atoms with Crippen LogP contribution in [0.5, 0.6) is 0 Å². The minimum absolute atomic E-state index is 0. The topological polar surface area (TPSA) is 38.8 Å². The van der Waals surface area contributed by atoms with E-state index in [4.69, 9.17) is 0 Å². The Morgan fingerprint density at radius 2 is 1.80 bits per heavy atom. The molecule has 1 atom stereocenters. The van der Waals surface area contributed by atoms with Crippen molar-refractivity contribution >= 4 is 30.7 Å². The standard InChI is InChI=1S/C18H28N4O.2ClH/c1-20-9-11-22(12-10-20)14-15-3-5-16(6-4-15)18(23)21(2)17-7-8-19-13-17;;/h3-6,17,19H,7-14H2,1-2H3;2*1H. The number of benzene rings is 1. The van der Waals surface area contributed by atoms with Crippen molar-refractivity contribution in [2.45, 2.75) is 19.0 Å². The number of carbonyl (C=O) groups excluding carboxylic acids is 1. The van der Waals surface area contributed by atoms with Crippen molar-refractivity contribution < 1.29 is 4.79 Å². The zero-order valence-corrected chi connectivity index (χ0v) is 16.7. The lowest BCUT2D eigenvalue weighted by Gasteiger charge is -2.32. The molecule has 0 aliphatic carbocycles. The Balaban J connectivity index is 0.00000156. The molecule has 5 nitrogen and oxygen atoms in total. The van der Waals surface area contributed by atoms with E-state index >= 15 is 0 Å². The van der Waals surface area contributed by atoms with Gasteiger partial charge in [0.2, 0.25) is 0 Å². The minimum atomic E-state index is 0. The summed E-state index contributed by atoms with van der Waals surface area (Å²) in [4.78, 5) is 19.3. The van der Waals surface area contributed by atoms with Crippen molar-refractivity contribution in [2.24, 2.45) is 0 Å². The van der Waals surface area contributed by atoms with Crippen LogP contribution >= 0.6 is 24.8 Å². The average Bonchev–Trinajstić information content (AvgIpc) is 3.11. The zero-order chi connectivity index (χ0) is 16.2. The third-order valence-corrected chi connectivity index (χ3v) is 5.11. The second kappa shape index (κ2) is 10.3. The van der Waals surface area contributed by atoms with E-state index in [1.807, 2.05) is 24.1 Å². The number of amides is 1. The Morgan fingerprint density at radius 3 is 2.36 bits per heavy atom. The lowest BCUT2D eigenvalue weighted by atomic mass is 10.1. The SMILES string of the molecule is CN1CCN(Cc2ccc(C(=O)N(C)C3CCNC3)cc2)CC1.Cl.Cl. The van der Waals surface area contributed by atoms with E-state index in [0.29, 0.717) is 6.04 Å². The van der Waals surface area contributed by atoms with E-state index < -0.39 is 0 Å². The molecule has 1 N–H and O–H groups in total. The van der Waals surface area contributed by atoms with Gasteiger partial charge in [0.25, 0.3) is 5.91 Å². The van der Waals surface area contributed by atoms with Crippen molar-refractivity contribution in [3.05, 3.63) is 35.4 Å². The predicted octanol–water partition coefficient (Wildman–Crippen LogP) is 1.71. The molecule has 0 aromatic heterocycles. The molecule has 0 spiro atoms. The largest absolute Gasteiger partial charge is 0.337 e. The summed E-state index contributed by atoms with van der Waals surface area (Å²) in [5.41, 5.74) is 2.08. The molecule has 1 unspecified atom stereocenters. The van der Waals surface area contributed by atoms with Crippen molar-refractivity contribution in [1.29, 1.82) is 0 Å². The summed E-state index contributed by atoms with van der Waals surface area (Å²) in [6, 6.07) is 8.49. The smallest absolute Gasteiger partial charge is 0.253 e. The van der Waals surface area contributed by atoms with E-state index in [1.165, 1.54) is 5.56 Å². The van der Waals surface area contributed by atoms with Crippen LogP contribution in [0, 0.1) is 0 Å². The summed E-state index contributed by atoms with van der Waals surface area (Å²) < 4.78 is 0. The maximum Gasteiger partial charge on any atom is 0.253 e. The van der Waals surface area contributed by atoms with Gasteiger partial charge in [-0.2, -0.15) is 0 Å². The molecule has 2 fully saturated rings. The molecule has 2 aliphatic heterocycles. The summed E-state index contributed by atoms with van der Waals surface area (Å²) in [7, 11) is 4.09. The third-order valence-electron chi connectivity index (χ3n) is 5.11. The number of carbonyl (C=O) groups is 1. The Morgan fingerprint density at radius 1 is 1.16 bits per heavy atom. The fourth-order valence-electron chi connectivity index (χ4n) is 3.36. The first kappa shape index (κ1) is 22.2. The van der Waals surface area contributed by atoms with Crippen molar-refractivity contribution in [1.82, 2.24) is 20.0 Å². The molecular formula is C18H30Cl2N4O. The molecule has 1 aromatic carbocycles. The van der Waals surface area contributed by atoms with Gasteiger partial charge in [-0.25, -0.2) is 0 Å². The van der Waals surface area contributed by atoms with Crippen LogP contribution in [0.2, 0.25) is 0 Å². The molecule has 2 heterocycles. The first-order chi connectivity index (χ1) is 11.1. The van der Waals surface area contributed by atoms with Gasteiger partial charge in [0.15, 0.2) is 0 Å². The van der Waals surface area contributed by atoms with Crippen molar-refractivity contribution in [3.63, 3.8) is 0 Å². The van der Waals surface area contributed by atoms with E-state index in [-0.39, 0.29) is 30.7 Å². The summed E-state index contributed by atoms with van der Waals surface area (Å²) in [5, 5.41) is 3.31. The van der Waals surface area contributed by atoms with Gasteiger partial charge in [-0.15, -0.1) is 24.8 Å². The highest BCUT2D eigenvalue weighted by Gasteiger charge is 2.24. The van der Waals surface area contributed by atoms with Crippen molar-refractivity contribution in [2.75, 3.05) is 53.4 Å². The van der Waals surface area contributed by atoms with Gasteiger partial charge >= 0.3 is 0 Å². The van der Waals surface area contributed by atoms with Crippen molar-refractivity contribution in [3.8, 4) is 0 Å². The van der Waals surface area contributed by atoms with Crippen LogP contribution < -0.4 is 5.32 Å². The third kappa shape index (κ3) is 5.83. The van der Waals surface area contributed by atoms with E-state index in [9.17, 15) is 4.79 Å². The molecule has 3 rings (SSSR count). The fourth-order valence-corrected chi connectivity index (χ4v) is 3.36. The van der Waals surface area contributed by atoms with E-state index in [1.54, 1.807) is 0 Å². The van der Waals surface area contributed by atoms with Crippen LogP contribution in [0.1, 0.15) is 22.3 Å². The van der Waals surface area contributed by atoms with E-state index in [2.05, 4.69) is 34.3 Å². The van der Waals surface area contributed by atoms with Gasteiger partial charge in [0, 0.05) is 57.9 Å². The maximum atomic E-state index is 12.6. The number of nitrogens with one attached hydrogen (secondary N) is 1. The molecule has 142 valence electrons. The summed E-state index contributed by atoms with van der Waals surface area (Å²) >= 11 is 0. The van der Waals surface area contributed by atoms with Gasteiger partial charge in [-0.05, 0) is 37.7 Å². The molecule has 25 heavy (non-hydrogen) atoms. The van der Waals surface area contributed by atoms with Gasteiger partial charge in [0.05, 0.1) is 0 Å². The Kier molecular flexibility index (Phi) is 9.17. The normalized spacial score (nSPS) is 21.3. The number of rotatable bonds is 4. The molecule has 2 aliphatic rings. The van der Waals surface area contributed by atoms with Gasteiger partial charge in [0.1, 0.15) is 0 Å². The number of halogens is 2. The molecule has 0 radical (unpaired) electrons. The van der Waals surface area contributed by atoms with Crippen LogP contribution in [0.25, 0.3) is 0 Å². The van der Waals surface area contributed by atoms with Crippen LogP contribution in [-0.2, 0) is 6.54 Å². The van der Waals surface area contributed by atoms with E-state index in [0.717, 1.165) is 57.8 Å². The number of nitrogens with zero attached hydrogens (tertiary/aromatic N) is 3. The second-order valence-electron chi connectivity index (χ2n) is 6.84. The summed E-state index contributed by atoms with van der Waals surface area (Å²) in [6.45, 7) is 7.40. The molecular weight excluding hydrogens is 359 g/mol. The Bertz CT molecular complexity index is 526. The first-order valence-corrected chi connectivity index (χ1v) is 8.61. The lowest BCUT2D eigenvalue weighted by molar-refractivity contribution is 0.0743. The molecule has 0 bridgehead atoms. The van der Waals surface area contributed by atoms with Crippen LogP contribution in [0.15, 0.2) is 24.3 Å². The van der Waals surface area contributed by atoms with Crippen LogP contribution in [-0.4, -0.2) is 80.0 Å². The fraction of sp³-hybridized carbons (Fsp3) is 0.611. The van der Waals surface area contributed by atoms with Gasteiger partial charge in [-0.1, -0.05) is 12.1 Å². The number of hydrogen-bond donors (Lipinski definition) is 1. The second-order valence-corrected chi connectivity index (χ2v) is 6.84. The summed E-state index contributed by atoms with van der Waals surface area (Å²) in [6.07, 6.45) is 1.05. The molecule has 7 heteroatoms. The predicted molar refractivity (Wildman–Crippen MR) is 107 cm³/mol. The number of likely N-dealkylation sites (N-methyl/N-ethyl adjacent to an activating group) is 2. The van der Waals surface area contributed by atoms with Crippen LogP contribution in [0.4, 0.5) is 0 Å². The lowest BCUT2D eigenvalue weighted by Crippen LogP contribution is -2.43. The quantitative estimate of drug-likeness (QED) is 0.851. The zero-order valence-electron chi connectivity index (χ0n) is 15.1. The minimum Gasteiger partial charge on any atom is -0.337 e. The highest BCUT2D eigenvalue weighted by molar-refractivity contribution is 5.94. The average molecular weight is 389 g/mol. The molecule has 1 aromatic rings. The molecule has 2 saturated heterocycles. The number of piperazine rings is 1. The highest BCUT2D eigenvalue weighted by atomic mass is 35.5. The first-order valence-electron chi connectivity index (χ1n) is 8.61. The highest BCUT2D eigenvalue weighted by Crippen LogP contribution is 2.14. The van der Waals surface area contributed by atoms with Crippen LogP contribution in [0.3, 0.4) is 0 Å². The Labute approximate surface area is 163 Å². The molecule has 1 amide bonds. The Hall–Kier alpha value is -0.850. The van der Waals surface area contributed by atoms with Gasteiger partial charge in [-0.3, -0.25) is 9.69 Å². The van der Waals surface area contributed by atoms with Gasteiger partial charge < -0.3 is 15.1 Å². The number of hydrogen-bond acceptors (Lipinski definition) is 4. The molecule has 0 saturated carbocycles. The maximum absolute atomic E-state index is 12.6. The summed E-state index contributed by atoms with van der Waals surface area (Å²) in [5.74, 6) is 0.129.